The van der Waals surface area contributed by atoms with Crippen LogP contribution in [0, 0.1) is 0 Å². The third kappa shape index (κ3) is 2.74. The maximum Gasteiger partial charge on any atom is 0.194 e. The number of carbonyl (C=O) groups is 1. The van der Waals surface area contributed by atoms with Gasteiger partial charge in [-0.15, -0.1) is 0 Å². The third-order valence-electron chi connectivity index (χ3n) is 3.46. The highest BCUT2D eigenvalue weighted by atomic mass is 35.5. The van der Waals surface area contributed by atoms with Crippen LogP contribution >= 0.6 is 11.6 Å². The summed E-state index contributed by atoms with van der Waals surface area (Å²) in [7, 11) is 0. The first-order valence-corrected chi connectivity index (χ1v) is 7.22. The number of rotatable bonds is 3. The minimum atomic E-state index is -0.164. The Bertz CT molecular complexity index is 826. The molecule has 108 valence electrons. The number of ketones is 1. The van der Waals surface area contributed by atoms with Crippen LogP contribution in [0.15, 0.2) is 72.8 Å². The van der Waals surface area contributed by atoms with Gasteiger partial charge in [-0.05, 0) is 35.9 Å². The lowest BCUT2D eigenvalue weighted by Crippen LogP contribution is -2.02. The first-order chi connectivity index (χ1) is 10.7. The third-order valence-corrected chi connectivity index (χ3v) is 3.79. The standard InChI is InChI=1S/C19H13ClO2/c20-17-9-5-4-8-15(17)19(22)14-10-11-18(21)16(12-14)13-6-2-1-3-7-13/h1-12,21H. The molecule has 0 aromatic heterocycles. The van der Waals surface area contributed by atoms with E-state index in [-0.39, 0.29) is 11.5 Å². The number of carbonyl (C=O) groups excluding carboxylic acids is 1. The number of aromatic hydroxyl groups is 1. The van der Waals surface area contributed by atoms with Crippen LogP contribution in [-0.4, -0.2) is 10.9 Å². The Morgan fingerprint density at radius 2 is 1.55 bits per heavy atom. The van der Waals surface area contributed by atoms with E-state index in [0.29, 0.717) is 21.7 Å². The molecule has 0 radical (unpaired) electrons. The number of benzene rings is 3. The van der Waals surface area contributed by atoms with Crippen molar-refractivity contribution in [2.75, 3.05) is 0 Å². The van der Waals surface area contributed by atoms with Crippen LogP contribution in [0.5, 0.6) is 5.75 Å². The molecule has 0 heterocycles. The molecule has 0 atom stereocenters. The van der Waals surface area contributed by atoms with E-state index in [9.17, 15) is 9.90 Å². The quantitative estimate of drug-likeness (QED) is 0.696. The van der Waals surface area contributed by atoms with Crippen LogP contribution < -0.4 is 0 Å². The molecule has 0 bridgehead atoms. The number of phenolic OH excluding ortho intramolecular Hbond substituents is 1. The van der Waals surface area contributed by atoms with Gasteiger partial charge in [0.15, 0.2) is 5.78 Å². The van der Waals surface area contributed by atoms with E-state index in [1.165, 1.54) is 6.07 Å². The predicted octanol–water partition coefficient (Wildman–Crippen LogP) is 4.94. The highest BCUT2D eigenvalue weighted by Gasteiger charge is 2.14. The molecule has 0 aliphatic rings. The van der Waals surface area contributed by atoms with E-state index in [0.717, 1.165) is 5.56 Å². The Hall–Kier alpha value is -2.58. The average Bonchev–Trinajstić information content (AvgIpc) is 2.56. The summed E-state index contributed by atoms with van der Waals surface area (Å²) in [6, 6.07) is 21.2. The van der Waals surface area contributed by atoms with Crippen molar-refractivity contribution in [2.24, 2.45) is 0 Å². The molecule has 0 amide bonds. The van der Waals surface area contributed by atoms with Gasteiger partial charge in [-0.1, -0.05) is 54.1 Å². The van der Waals surface area contributed by atoms with E-state index < -0.39 is 0 Å². The molecule has 22 heavy (non-hydrogen) atoms. The zero-order valence-corrected chi connectivity index (χ0v) is 12.4. The Kier molecular flexibility index (Phi) is 3.94. The monoisotopic (exact) mass is 308 g/mol. The number of phenols is 1. The zero-order chi connectivity index (χ0) is 15.5. The minimum absolute atomic E-state index is 0.141. The average molecular weight is 309 g/mol. The Balaban J connectivity index is 2.07. The number of hydrogen-bond acceptors (Lipinski definition) is 2. The topological polar surface area (TPSA) is 37.3 Å². The summed E-state index contributed by atoms with van der Waals surface area (Å²) in [6.45, 7) is 0. The first-order valence-electron chi connectivity index (χ1n) is 6.84. The van der Waals surface area contributed by atoms with Crippen LogP contribution in [0.2, 0.25) is 5.02 Å². The van der Waals surface area contributed by atoms with Crippen molar-refractivity contribution in [1.29, 1.82) is 0 Å². The maximum atomic E-state index is 12.6. The van der Waals surface area contributed by atoms with Crippen molar-refractivity contribution in [1.82, 2.24) is 0 Å². The Labute approximate surface area is 133 Å². The molecule has 3 rings (SSSR count). The zero-order valence-electron chi connectivity index (χ0n) is 11.7. The first kappa shape index (κ1) is 14.4. The van der Waals surface area contributed by atoms with Gasteiger partial charge in [0.2, 0.25) is 0 Å². The molecular formula is C19H13ClO2. The summed E-state index contributed by atoms with van der Waals surface area (Å²) in [5.41, 5.74) is 2.42. The van der Waals surface area contributed by atoms with E-state index in [4.69, 9.17) is 11.6 Å². The molecule has 0 fully saturated rings. The van der Waals surface area contributed by atoms with Crippen molar-refractivity contribution in [3.8, 4) is 16.9 Å². The van der Waals surface area contributed by atoms with Crippen molar-refractivity contribution in [3.05, 3.63) is 88.9 Å². The van der Waals surface area contributed by atoms with Gasteiger partial charge in [0, 0.05) is 16.7 Å². The second-order valence-electron chi connectivity index (χ2n) is 4.91. The molecule has 0 unspecified atom stereocenters. The summed E-state index contributed by atoms with van der Waals surface area (Å²) >= 11 is 6.09. The number of halogens is 1. The van der Waals surface area contributed by atoms with Gasteiger partial charge in [0.1, 0.15) is 5.75 Å². The SMILES string of the molecule is O=C(c1ccc(O)c(-c2ccccc2)c1)c1ccccc1Cl. The van der Waals surface area contributed by atoms with E-state index >= 15 is 0 Å². The van der Waals surface area contributed by atoms with Gasteiger partial charge in [-0.25, -0.2) is 0 Å². The van der Waals surface area contributed by atoms with Gasteiger partial charge in [0.05, 0.1) is 5.02 Å². The van der Waals surface area contributed by atoms with Crippen LogP contribution in [-0.2, 0) is 0 Å². The molecular weight excluding hydrogens is 296 g/mol. The lowest BCUT2D eigenvalue weighted by atomic mass is 9.97. The van der Waals surface area contributed by atoms with E-state index in [1.807, 2.05) is 30.3 Å². The van der Waals surface area contributed by atoms with Crippen molar-refractivity contribution in [3.63, 3.8) is 0 Å². The molecule has 0 aliphatic carbocycles. The maximum absolute atomic E-state index is 12.6. The van der Waals surface area contributed by atoms with Gasteiger partial charge in [-0.3, -0.25) is 4.79 Å². The normalized spacial score (nSPS) is 10.4. The van der Waals surface area contributed by atoms with Crippen molar-refractivity contribution >= 4 is 17.4 Å². The fourth-order valence-electron chi connectivity index (χ4n) is 2.33. The highest BCUT2D eigenvalue weighted by molar-refractivity contribution is 6.35. The lowest BCUT2D eigenvalue weighted by Gasteiger charge is -2.08. The molecule has 1 N–H and O–H groups in total. The van der Waals surface area contributed by atoms with Crippen molar-refractivity contribution < 1.29 is 9.90 Å². The van der Waals surface area contributed by atoms with Crippen LogP contribution in [0.25, 0.3) is 11.1 Å². The Morgan fingerprint density at radius 1 is 0.864 bits per heavy atom. The molecule has 3 heteroatoms. The molecule has 2 nitrogen and oxygen atoms in total. The summed E-state index contributed by atoms with van der Waals surface area (Å²) in [5.74, 6) is -0.0234. The fraction of sp³-hybridized carbons (Fsp3) is 0. The summed E-state index contributed by atoms with van der Waals surface area (Å²) in [6.07, 6.45) is 0. The van der Waals surface area contributed by atoms with E-state index in [2.05, 4.69) is 0 Å². The second kappa shape index (κ2) is 6.04. The molecule has 0 aliphatic heterocycles. The number of hydrogen-bond donors (Lipinski definition) is 1. The lowest BCUT2D eigenvalue weighted by molar-refractivity contribution is 0.103. The summed E-state index contributed by atoms with van der Waals surface area (Å²) < 4.78 is 0. The van der Waals surface area contributed by atoms with Crippen molar-refractivity contribution in [2.45, 2.75) is 0 Å². The van der Waals surface area contributed by atoms with Crippen LogP contribution in [0.4, 0.5) is 0 Å². The van der Waals surface area contributed by atoms with Crippen LogP contribution in [0.3, 0.4) is 0 Å². The largest absolute Gasteiger partial charge is 0.507 e. The molecule has 0 saturated heterocycles. The smallest absolute Gasteiger partial charge is 0.194 e. The van der Waals surface area contributed by atoms with Crippen LogP contribution in [0.1, 0.15) is 15.9 Å². The summed E-state index contributed by atoms with van der Waals surface area (Å²) in [4.78, 5) is 12.6. The van der Waals surface area contributed by atoms with Gasteiger partial charge >= 0.3 is 0 Å². The Morgan fingerprint density at radius 3 is 2.27 bits per heavy atom. The predicted molar refractivity (Wildman–Crippen MR) is 88.4 cm³/mol. The molecule has 0 spiro atoms. The van der Waals surface area contributed by atoms with E-state index in [1.54, 1.807) is 36.4 Å². The molecule has 3 aromatic carbocycles. The van der Waals surface area contributed by atoms with Gasteiger partial charge in [-0.2, -0.15) is 0 Å². The highest BCUT2D eigenvalue weighted by Crippen LogP contribution is 2.31. The fourth-order valence-corrected chi connectivity index (χ4v) is 2.55. The molecule has 0 saturated carbocycles. The van der Waals surface area contributed by atoms with Gasteiger partial charge in [0.25, 0.3) is 0 Å². The van der Waals surface area contributed by atoms with Gasteiger partial charge < -0.3 is 5.11 Å². The molecule has 3 aromatic rings. The summed E-state index contributed by atoms with van der Waals surface area (Å²) in [5, 5.41) is 10.5. The minimum Gasteiger partial charge on any atom is -0.507 e. The second-order valence-corrected chi connectivity index (χ2v) is 5.31.